The summed E-state index contributed by atoms with van der Waals surface area (Å²) < 4.78 is 0.925. The summed E-state index contributed by atoms with van der Waals surface area (Å²) in [6.45, 7) is 0. The SMILES string of the molecule is O=C(c1sccc1Br)N(C1CC1)C1CCc2ccccc21. The molecule has 1 heterocycles. The van der Waals surface area contributed by atoms with Gasteiger partial charge in [-0.25, -0.2) is 0 Å². The number of carbonyl (C=O) groups excluding carboxylic acids is 1. The van der Waals surface area contributed by atoms with E-state index in [4.69, 9.17) is 0 Å². The molecule has 0 spiro atoms. The van der Waals surface area contributed by atoms with Crippen LogP contribution in [0.15, 0.2) is 40.2 Å². The molecule has 4 heteroatoms. The quantitative estimate of drug-likeness (QED) is 0.768. The molecule has 1 aromatic heterocycles. The van der Waals surface area contributed by atoms with Gasteiger partial charge in [-0.1, -0.05) is 24.3 Å². The lowest BCUT2D eigenvalue weighted by atomic mass is 10.1. The molecule has 1 amide bonds. The molecular formula is C17H16BrNOS. The zero-order chi connectivity index (χ0) is 14.4. The number of fused-ring (bicyclic) bond motifs is 1. The zero-order valence-electron chi connectivity index (χ0n) is 11.6. The molecule has 0 aliphatic heterocycles. The van der Waals surface area contributed by atoms with E-state index in [0.29, 0.717) is 6.04 Å². The van der Waals surface area contributed by atoms with Crippen LogP contribution in [-0.4, -0.2) is 16.8 Å². The Labute approximate surface area is 136 Å². The largest absolute Gasteiger partial charge is 0.328 e. The number of halogens is 1. The first kappa shape index (κ1) is 13.5. The fourth-order valence-electron chi connectivity index (χ4n) is 3.30. The lowest BCUT2D eigenvalue weighted by Gasteiger charge is -2.29. The maximum Gasteiger partial charge on any atom is 0.265 e. The van der Waals surface area contributed by atoms with E-state index in [1.807, 2.05) is 11.4 Å². The second kappa shape index (κ2) is 5.25. The molecule has 1 atom stereocenters. The molecular weight excluding hydrogens is 346 g/mol. The molecule has 2 aliphatic rings. The minimum Gasteiger partial charge on any atom is -0.328 e. The van der Waals surface area contributed by atoms with Crippen LogP contribution >= 0.6 is 27.3 Å². The minimum atomic E-state index is 0.195. The van der Waals surface area contributed by atoms with E-state index in [1.54, 1.807) is 0 Å². The summed E-state index contributed by atoms with van der Waals surface area (Å²) in [5.74, 6) is 0.195. The summed E-state index contributed by atoms with van der Waals surface area (Å²) in [7, 11) is 0. The van der Waals surface area contributed by atoms with Crippen molar-refractivity contribution in [2.45, 2.75) is 37.8 Å². The number of hydrogen-bond acceptors (Lipinski definition) is 2. The average molecular weight is 362 g/mol. The predicted octanol–water partition coefficient (Wildman–Crippen LogP) is 4.80. The van der Waals surface area contributed by atoms with Crippen molar-refractivity contribution in [3.05, 3.63) is 56.2 Å². The molecule has 0 N–H and O–H groups in total. The number of rotatable bonds is 3. The van der Waals surface area contributed by atoms with Gasteiger partial charge in [0, 0.05) is 10.5 Å². The Morgan fingerprint density at radius 1 is 1.19 bits per heavy atom. The Balaban J connectivity index is 1.70. The summed E-state index contributed by atoms with van der Waals surface area (Å²) in [6, 6.07) is 11.2. The predicted molar refractivity (Wildman–Crippen MR) is 88.7 cm³/mol. The average Bonchev–Trinajstić information content (AvgIpc) is 3.09. The van der Waals surface area contributed by atoms with E-state index in [2.05, 4.69) is 45.1 Å². The van der Waals surface area contributed by atoms with Crippen molar-refractivity contribution in [3.8, 4) is 0 Å². The molecule has 2 aromatic rings. The Bertz CT molecular complexity index is 692. The van der Waals surface area contributed by atoms with Gasteiger partial charge in [0.1, 0.15) is 4.88 Å². The minimum absolute atomic E-state index is 0.195. The smallest absolute Gasteiger partial charge is 0.265 e. The van der Waals surface area contributed by atoms with Crippen LogP contribution in [0.2, 0.25) is 0 Å². The summed E-state index contributed by atoms with van der Waals surface area (Å²) in [5, 5.41) is 1.98. The highest BCUT2D eigenvalue weighted by molar-refractivity contribution is 9.10. The Morgan fingerprint density at radius 2 is 2.00 bits per heavy atom. The molecule has 108 valence electrons. The molecule has 0 bridgehead atoms. The Hall–Kier alpha value is -1.13. The second-order valence-electron chi connectivity index (χ2n) is 5.79. The summed E-state index contributed by atoms with van der Waals surface area (Å²) in [5.41, 5.74) is 2.76. The van der Waals surface area contributed by atoms with Crippen LogP contribution in [0, 0.1) is 0 Å². The van der Waals surface area contributed by atoms with Gasteiger partial charge in [-0.2, -0.15) is 0 Å². The third-order valence-electron chi connectivity index (χ3n) is 4.42. The van der Waals surface area contributed by atoms with Crippen LogP contribution in [-0.2, 0) is 6.42 Å². The standard InChI is InChI=1S/C17H16BrNOS/c18-14-9-10-21-16(14)17(20)19(12-6-7-12)15-8-5-11-3-1-2-4-13(11)15/h1-4,9-10,12,15H,5-8H2. The number of amides is 1. The monoisotopic (exact) mass is 361 g/mol. The molecule has 0 saturated heterocycles. The maximum atomic E-state index is 13.0. The molecule has 21 heavy (non-hydrogen) atoms. The lowest BCUT2D eigenvalue weighted by molar-refractivity contribution is 0.0662. The molecule has 2 aliphatic carbocycles. The Morgan fingerprint density at radius 3 is 2.71 bits per heavy atom. The normalized spacial score (nSPS) is 20.3. The van der Waals surface area contributed by atoms with Crippen molar-refractivity contribution in [1.29, 1.82) is 0 Å². The second-order valence-corrected chi connectivity index (χ2v) is 7.56. The highest BCUT2D eigenvalue weighted by Gasteiger charge is 2.41. The molecule has 1 aromatic carbocycles. The maximum absolute atomic E-state index is 13.0. The number of benzene rings is 1. The first-order valence-corrected chi connectivity index (χ1v) is 9.06. The van der Waals surface area contributed by atoms with Crippen molar-refractivity contribution in [3.63, 3.8) is 0 Å². The van der Waals surface area contributed by atoms with Crippen LogP contribution in [0.5, 0.6) is 0 Å². The number of aryl methyl sites for hydroxylation is 1. The van der Waals surface area contributed by atoms with E-state index in [1.165, 1.54) is 22.5 Å². The van der Waals surface area contributed by atoms with Gasteiger partial charge >= 0.3 is 0 Å². The van der Waals surface area contributed by atoms with Crippen LogP contribution in [0.25, 0.3) is 0 Å². The van der Waals surface area contributed by atoms with Crippen molar-refractivity contribution in [1.82, 2.24) is 4.90 Å². The van der Waals surface area contributed by atoms with Gasteiger partial charge in [0.25, 0.3) is 5.91 Å². The van der Waals surface area contributed by atoms with Gasteiger partial charge in [0.15, 0.2) is 0 Å². The lowest BCUT2D eigenvalue weighted by Crippen LogP contribution is -2.35. The first-order valence-electron chi connectivity index (χ1n) is 7.39. The van der Waals surface area contributed by atoms with Gasteiger partial charge in [-0.05, 0) is 64.2 Å². The topological polar surface area (TPSA) is 20.3 Å². The zero-order valence-corrected chi connectivity index (χ0v) is 14.0. The molecule has 0 radical (unpaired) electrons. The van der Waals surface area contributed by atoms with Crippen LogP contribution in [0.1, 0.15) is 46.1 Å². The number of nitrogens with zero attached hydrogens (tertiary/aromatic N) is 1. The van der Waals surface area contributed by atoms with Gasteiger partial charge < -0.3 is 4.90 Å². The highest BCUT2D eigenvalue weighted by Crippen LogP contribution is 2.43. The number of thiophene rings is 1. The fraction of sp³-hybridized carbons (Fsp3) is 0.353. The van der Waals surface area contributed by atoms with E-state index in [0.717, 1.165) is 35.0 Å². The molecule has 2 nitrogen and oxygen atoms in total. The van der Waals surface area contributed by atoms with Crippen molar-refractivity contribution in [2.24, 2.45) is 0 Å². The highest BCUT2D eigenvalue weighted by atomic mass is 79.9. The number of carbonyl (C=O) groups is 1. The van der Waals surface area contributed by atoms with Crippen LogP contribution in [0.4, 0.5) is 0 Å². The molecule has 4 rings (SSSR count). The van der Waals surface area contributed by atoms with E-state index in [9.17, 15) is 4.79 Å². The van der Waals surface area contributed by atoms with Gasteiger partial charge in [0.2, 0.25) is 0 Å². The molecule has 1 fully saturated rings. The van der Waals surface area contributed by atoms with Crippen molar-refractivity contribution in [2.75, 3.05) is 0 Å². The van der Waals surface area contributed by atoms with Crippen LogP contribution < -0.4 is 0 Å². The van der Waals surface area contributed by atoms with E-state index < -0.39 is 0 Å². The number of hydrogen-bond donors (Lipinski definition) is 0. The summed E-state index contributed by atoms with van der Waals surface area (Å²) in [4.78, 5) is 16.0. The van der Waals surface area contributed by atoms with Crippen molar-refractivity contribution >= 4 is 33.2 Å². The van der Waals surface area contributed by atoms with E-state index in [-0.39, 0.29) is 11.9 Å². The third-order valence-corrected chi connectivity index (χ3v) is 6.25. The van der Waals surface area contributed by atoms with Crippen LogP contribution in [0.3, 0.4) is 0 Å². The van der Waals surface area contributed by atoms with E-state index >= 15 is 0 Å². The summed E-state index contributed by atoms with van der Waals surface area (Å²) in [6.07, 6.45) is 4.44. The molecule has 1 saturated carbocycles. The third kappa shape index (κ3) is 2.34. The summed E-state index contributed by atoms with van der Waals surface area (Å²) >= 11 is 5.04. The fourth-order valence-corrected chi connectivity index (χ4v) is 4.79. The molecule has 1 unspecified atom stereocenters. The van der Waals surface area contributed by atoms with Gasteiger partial charge in [0.05, 0.1) is 6.04 Å². The van der Waals surface area contributed by atoms with Crippen molar-refractivity contribution < 1.29 is 4.79 Å². The first-order chi connectivity index (χ1) is 10.3. The van der Waals surface area contributed by atoms with Gasteiger partial charge in [-0.15, -0.1) is 11.3 Å². The Kier molecular flexibility index (Phi) is 3.38. The van der Waals surface area contributed by atoms with Gasteiger partial charge in [-0.3, -0.25) is 4.79 Å².